The van der Waals surface area contributed by atoms with Crippen LogP contribution in [0.2, 0.25) is 0 Å². The van der Waals surface area contributed by atoms with Gasteiger partial charge in [-0.25, -0.2) is 0 Å². The molecule has 1 saturated carbocycles. The molecule has 0 spiro atoms. The molecule has 0 radical (unpaired) electrons. The average Bonchev–Trinajstić information content (AvgIpc) is 2.26. The smallest absolute Gasteiger partial charge is 0.133 e. The maximum atomic E-state index is 11.8. The van der Waals surface area contributed by atoms with Crippen molar-refractivity contribution in [2.45, 2.75) is 53.4 Å². The third-order valence-electron chi connectivity index (χ3n) is 4.64. The van der Waals surface area contributed by atoms with Crippen LogP contribution in [0, 0.1) is 23.7 Å². The van der Waals surface area contributed by atoms with Gasteiger partial charge < -0.3 is 0 Å². The van der Waals surface area contributed by atoms with Gasteiger partial charge in [0.05, 0.1) is 0 Å². The summed E-state index contributed by atoms with van der Waals surface area (Å²) in [5, 5.41) is 0. The molecule has 1 rings (SSSR count). The zero-order valence-corrected chi connectivity index (χ0v) is 12.8. The van der Waals surface area contributed by atoms with Crippen molar-refractivity contribution in [3.63, 3.8) is 0 Å². The summed E-state index contributed by atoms with van der Waals surface area (Å²) in [5.41, 5.74) is 0. The van der Waals surface area contributed by atoms with E-state index < -0.39 is 0 Å². The zero-order valence-electron chi connectivity index (χ0n) is 12.8. The van der Waals surface area contributed by atoms with Gasteiger partial charge in [-0.3, -0.25) is 19.2 Å². The zero-order chi connectivity index (χ0) is 15.4. The highest BCUT2D eigenvalue weighted by Gasteiger charge is 2.37. The Morgan fingerprint density at radius 3 is 0.750 bits per heavy atom. The quantitative estimate of drug-likeness (QED) is 0.793. The van der Waals surface area contributed by atoms with Gasteiger partial charge in [-0.05, 0) is 53.4 Å². The lowest BCUT2D eigenvalue weighted by molar-refractivity contribution is -0.135. The Morgan fingerprint density at radius 1 is 0.500 bits per heavy atom. The number of carbonyl (C=O) groups excluding carboxylic acids is 4. The first-order valence-corrected chi connectivity index (χ1v) is 7.27. The molecule has 0 saturated heterocycles. The second-order valence-corrected chi connectivity index (χ2v) is 6.02. The predicted octanol–water partition coefficient (Wildman–Crippen LogP) is 2.38. The lowest BCUT2D eigenvalue weighted by Gasteiger charge is -2.32. The molecule has 4 nitrogen and oxygen atoms in total. The van der Waals surface area contributed by atoms with Crippen LogP contribution in [0.1, 0.15) is 53.4 Å². The van der Waals surface area contributed by atoms with Gasteiger partial charge in [0.2, 0.25) is 0 Å². The molecule has 1 aliphatic rings. The molecule has 0 bridgehead atoms. The fraction of sp³-hybridized carbons (Fsp3) is 0.750. The van der Waals surface area contributed by atoms with E-state index in [2.05, 4.69) is 0 Å². The number of hydrogen-bond acceptors (Lipinski definition) is 4. The molecule has 0 aromatic carbocycles. The van der Waals surface area contributed by atoms with Crippen molar-refractivity contribution >= 4 is 23.1 Å². The number of Topliss-reactive ketones (excluding diaryl/α,β-unsaturated/α-hetero) is 4. The highest BCUT2D eigenvalue weighted by molar-refractivity contribution is 5.89. The van der Waals surface area contributed by atoms with E-state index in [0.29, 0.717) is 25.7 Å². The molecule has 0 N–H and O–H groups in total. The highest BCUT2D eigenvalue weighted by atomic mass is 16.1. The Morgan fingerprint density at radius 2 is 0.650 bits per heavy atom. The standard InChI is InChI=1S/C16H24O4/c1-9(17)13-5-6-15(11(3)19)16(12(4)20)8-7-14(13)10(2)18/h13-16H,5-8H2,1-4H3. The largest absolute Gasteiger partial charge is 0.300 e. The summed E-state index contributed by atoms with van der Waals surface area (Å²) in [6.45, 7) is 6.03. The van der Waals surface area contributed by atoms with E-state index in [1.807, 2.05) is 0 Å². The Bertz CT molecular complexity index is 344. The van der Waals surface area contributed by atoms with E-state index in [-0.39, 0.29) is 46.8 Å². The lowest BCUT2D eigenvalue weighted by atomic mass is 9.70. The van der Waals surface area contributed by atoms with Gasteiger partial charge in [0.15, 0.2) is 0 Å². The van der Waals surface area contributed by atoms with Gasteiger partial charge >= 0.3 is 0 Å². The monoisotopic (exact) mass is 280 g/mol. The molecular formula is C16H24O4. The number of rotatable bonds is 4. The second kappa shape index (κ2) is 6.91. The highest BCUT2D eigenvalue weighted by Crippen LogP contribution is 2.35. The third-order valence-corrected chi connectivity index (χ3v) is 4.64. The number of carbonyl (C=O) groups is 4. The third kappa shape index (κ3) is 3.84. The van der Waals surface area contributed by atoms with Crippen molar-refractivity contribution in [3.05, 3.63) is 0 Å². The van der Waals surface area contributed by atoms with E-state index in [0.717, 1.165) is 0 Å². The summed E-state index contributed by atoms with van der Waals surface area (Å²) in [6.07, 6.45) is 2.09. The fourth-order valence-corrected chi connectivity index (χ4v) is 3.47. The molecule has 4 unspecified atom stereocenters. The molecule has 0 heterocycles. The summed E-state index contributed by atoms with van der Waals surface area (Å²) in [5.74, 6) is -1.18. The molecule has 0 aromatic rings. The molecule has 4 atom stereocenters. The van der Waals surface area contributed by atoms with E-state index in [4.69, 9.17) is 0 Å². The van der Waals surface area contributed by atoms with Crippen LogP contribution in [0.25, 0.3) is 0 Å². The summed E-state index contributed by atoms with van der Waals surface area (Å²) in [6, 6.07) is 0. The van der Waals surface area contributed by atoms with Crippen LogP contribution in [0.15, 0.2) is 0 Å². The normalized spacial score (nSPS) is 31.0. The van der Waals surface area contributed by atoms with Crippen LogP contribution < -0.4 is 0 Å². The van der Waals surface area contributed by atoms with E-state index in [9.17, 15) is 19.2 Å². The van der Waals surface area contributed by atoms with E-state index in [1.54, 1.807) is 0 Å². The maximum absolute atomic E-state index is 11.8. The Balaban J connectivity index is 3.02. The van der Waals surface area contributed by atoms with Crippen molar-refractivity contribution in [3.8, 4) is 0 Å². The lowest BCUT2D eigenvalue weighted by Crippen LogP contribution is -2.35. The van der Waals surface area contributed by atoms with Crippen molar-refractivity contribution in [2.75, 3.05) is 0 Å². The Labute approximate surface area is 120 Å². The minimum Gasteiger partial charge on any atom is -0.300 e. The van der Waals surface area contributed by atoms with Gasteiger partial charge in [0.25, 0.3) is 0 Å². The van der Waals surface area contributed by atoms with Crippen molar-refractivity contribution in [2.24, 2.45) is 23.7 Å². The van der Waals surface area contributed by atoms with Crippen LogP contribution in [0.3, 0.4) is 0 Å². The van der Waals surface area contributed by atoms with Gasteiger partial charge in [-0.1, -0.05) is 0 Å². The second-order valence-electron chi connectivity index (χ2n) is 6.02. The first kappa shape index (κ1) is 16.7. The van der Waals surface area contributed by atoms with Crippen molar-refractivity contribution in [1.29, 1.82) is 0 Å². The fourth-order valence-electron chi connectivity index (χ4n) is 3.47. The van der Waals surface area contributed by atoms with Crippen molar-refractivity contribution < 1.29 is 19.2 Å². The summed E-state index contributed by atoms with van der Waals surface area (Å²) >= 11 is 0. The van der Waals surface area contributed by atoms with Crippen LogP contribution in [-0.4, -0.2) is 23.1 Å². The minimum absolute atomic E-state index is 0.00813. The molecule has 20 heavy (non-hydrogen) atoms. The van der Waals surface area contributed by atoms with Crippen LogP contribution in [-0.2, 0) is 19.2 Å². The van der Waals surface area contributed by atoms with Gasteiger partial charge in [-0.15, -0.1) is 0 Å². The Hall–Kier alpha value is -1.32. The summed E-state index contributed by atoms with van der Waals surface area (Å²) in [7, 11) is 0. The SMILES string of the molecule is CC(=O)C1CCC(C(C)=O)C(C(C)=O)CCC1C(C)=O. The molecule has 4 heteroatoms. The first-order valence-electron chi connectivity index (χ1n) is 7.27. The molecule has 0 aliphatic heterocycles. The van der Waals surface area contributed by atoms with Gasteiger partial charge in [0.1, 0.15) is 23.1 Å². The molecule has 0 aromatic heterocycles. The van der Waals surface area contributed by atoms with Crippen LogP contribution in [0.5, 0.6) is 0 Å². The summed E-state index contributed by atoms with van der Waals surface area (Å²) < 4.78 is 0. The maximum Gasteiger partial charge on any atom is 0.133 e. The molecule has 112 valence electrons. The van der Waals surface area contributed by atoms with Gasteiger partial charge in [0, 0.05) is 23.7 Å². The van der Waals surface area contributed by atoms with E-state index in [1.165, 1.54) is 27.7 Å². The Kier molecular flexibility index (Phi) is 5.78. The van der Waals surface area contributed by atoms with E-state index >= 15 is 0 Å². The molecule has 1 fully saturated rings. The average molecular weight is 280 g/mol. The molecule has 1 aliphatic carbocycles. The topological polar surface area (TPSA) is 68.3 Å². The van der Waals surface area contributed by atoms with Gasteiger partial charge in [-0.2, -0.15) is 0 Å². The molecular weight excluding hydrogens is 256 g/mol. The van der Waals surface area contributed by atoms with Crippen LogP contribution >= 0.6 is 0 Å². The minimum atomic E-state index is -0.303. The summed E-state index contributed by atoms with van der Waals surface area (Å²) in [4.78, 5) is 47.1. The first-order chi connectivity index (χ1) is 9.25. The number of hydrogen-bond donors (Lipinski definition) is 0. The number of ketones is 4. The van der Waals surface area contributed by atoms with Crippen LogP contribution in [0.4, 0.5) is 0 Å². The molecule has 0 amide bonds. The van der Waals surface area contributed by atoms with Crippen molar-refractivity contribution in [1.82, 2.24) is 0 Å². The predicted molar refractivity (Wildman–Crippen MR) is 75.2 cm³/mol.